The highest BCUT2D eigenvalue weighted by molar-refractivity contribution is 5.70. The second kappa shape index (κ2) is 33.9. The summed E-state index contributed by atoms with van der Waals surface area (Å²) in [6.45, 7) is 6.36. The van der Waals surface area contributed by atoms with Crippen molar-refractivity contribution < 1.29 is 19.1 Å². The third kappa shape index (κ3) is 33.7. The standard InChI is InChI=1S/C39H64O4/c1-4-6-8-10-12-14-16-18-20-22-24-26-28-30-32-34-38(40)42-36-37(3)43-39(41)35-33-31-29-27-25-23-21-19-17-15-13-11-9-7-5-2/h12-15,18-21,24-27,37H,4-11,16-17,22-23,28-36H2,1-3H3/b14-12-,15-13-,20-18-,21-19-,26-24-,27-25-. The first-order chi connectivity index (χ1) is 21.1. The van der Waals surface area contributed by atoms with E-state index in [2.05, 4.69) is 86.8 Å². The zero-order valence-corrected chi connectivity index (χ0v) is 28.0. The minimum absolute atomic E-state index is 0.121. The molecule has 0 saturated carbocycles. The maximum Gasteiger partial charge on any atom is 0.306 e. The van der Waals surface area contributed by atoms with E-state index in [0.29, 0.717) is 12.8 Å². The quantitative estimate of drug-likeness (QED) is 0.0489. The van der Waals surface area contributed by atoms with E-state index in [0.717, 1.165) is 64.2 Å². The van der Waals surface area contributed by atoms with Gasteiger partial charge in [-0.1, -0.05) is 112 Å². The molecule has 0 fully saturated rings. The molecule has 0 aliphatic carbocycles. The predicted molar refractivity (Wildman–Crippen MR) is 185 cm³/mol. The number of carbonyl (C=O) groups excluding carboxylic acids is 2. The normalized spacial score (nSPS) is 13.1. The maximum absolute atomic E-state index is 12.1. The number of allylic oxidation sites excluding steroid dienone is 12. The minimum atomic E-state index is -0.415. The van der Waals surface area contributed by atoms with Gasteiger partial charge in [0.15, 0.2) is 0 Å². The molecule has 1 unspecified atom stereocenters. The van der Waals surface area contributed by atoms with E-state index in [9.17, 15) is 9.59 Å². The van der Waals surface area contributed by atoms with Gasteiger partial charge >= 0.3 is 11.9 Å². The van der Waals surface area contributed by atoms with Crippen molar-refractivity contribution in [2.45, 2.75) is 155 Å². The van der Waals surface area contributed by atoms with Gasteiger partial charge in [-0.3, -0.25) is 9.59 Å². The van der Waals surface area contributed by atoms with Crippen molar-refractivity contribution in [1.82, 2.24) is 0 Å². The monoisotopic (exact) mass is 596 g/mol. The van der Waals surface area contributed by atoms with Crippen LogP contribution in [0.2, 0.25) is 0 Å². The van der Waals surface area contributed by atoms with Crippen LogP contribution in [-0.2, 0) is 19.1 Å². The van der Waals surface area contributed by atoms with Crippen LogP contribution in [0.3, 0.4) is 0 Å². The lowest BCUT2D eigenvalue weighted by Crippen LogP contribution is -2.22. The van der Waals surface area contributed by atoms with E-state index in [1.165, 1.54) is 51.4 Å². The van der Waals surface area contributed by atoms with Crippen LogP contribution in [0.15, 0.2) is 72.9 Å². The molecule has 0 aromatic carbocycles. The number of hydrogen-bond donors (Lipinski definition) is 0. The van der Waals surface area contributed by atoms with Crippen LogP contribution >= 0.6 is 0 Å². The van der Waals surface area contributed by atoms with Gasteiger partial charge in [0.1, 0.15) is 12.7 Å². The first-order valence-electron chi connectivity index (χ1n) is 17.3. The third-order valence-electron chi connectivity index (χ3n) is 6.85. The van der Waals surface area contributed by atoms with Crippen molar-refractivity contribution in [3.8, 4) is 0 Å². The topological polar surface area (TPSA) is 52.6 Å². The van der Waals surface area contributed by atoms with Crippen LogP contribution in [0.4, 0.5) is 0 Å². The average molecular weight is 597 g/mol. The van der Waals surface area contributed by atoms with E-state index in [1.54, 1.807) is 6.92 Å². The highest BCUT2D eigenvalue weighted by Crippen LogP contribution is 2.07. The molecule has 0 saturated heterocycles. The molecule has 244 valence electrons. The van der Waals surface area contributed by atoms with E-state index < -0.39 is 6.10 Å². The molecule has 0 aliphatic rings. The van der Waals surface area contributed by atoms with E-state index in [1.807, 2.05) is 0 Å². The fourth-order valence-electron chi connectivity index (χ4n) is 4.24. The Morgan fingerprint density at radius 3 is 1.23 bits per heavy atom. The summed E-state index contributed by atoms with van der Waals surface area (Å²) in [6.07, 6.45) is 46.5. The molecule has 0 aromatic heterocycles. The first kappa shape index (κ1) is 40.4. The summed E-state index contributed by atoms with van der Waals surface area (Å²) in [4.78, 5) is 24.0. The second-order valence-electron chi connectivity index (χ2n) is 11.2. The number of hydrogen-bond acceptors (Lipinski definition) is 4. The summed E-state index contributed by atoms with van der Waals surface area (Å²) in [5.74, 6) is -0.447. The zero-order valence-electron chi connectivity index (χ0n) is 28.0. The van der Waals surface area contributed by atoms with Gasteiger partial charge in [-0.2, -0.15) is 0 Å². The molecule has 0 bridgehead atoms. The first-order valence-corrected chi connectivity index (χ1v) is 17.3. The van der Waals surface area contributed by atoms with E-state index in [-0.39, 0.29) is 18.5 Å². The van der Waals surface area contributed by atoms with Crippen LogP contribution in [0.1, 0.15) is 149 Å². The Balaban J connectivity index is 3.64. The molecule has 1 atom stereocenters. The molecule has 0 heterocycles. The Bertz CT molecular complexity index is 815. The number of ether oxygens (including phenoxy) is 2. The lowest BCUT2D eigenvalue weighted by molar-refractivity contribution is -0.158. The number of carbonyl (C=O) groups is 2. The van der Waals surface area contributed by atoms with Gasteiger partial charge in [0.05, 0.1) is 0 Å². The number of unbranched alkanes of at least 4 members (excludes halogenated alkanes) is 10. The molecule has 4 heteroatoms. The average Bonchev–Trinajstić information content (AvgIpc) is 3.00. The molecule has 0 aliphatic heterocycles. The summed E-state index contributed by atoms with van der Waals surface area (Å²) in [5, 5.41) is 0. The fraction of sp³-hybridized carbons (Fsp3) is 0.641. The Labute approximate surface area is 265 Å². The van der Waals surface area contributed by atoms with Crippen LogP contribution in [-0.4, -0.2) is 24.6 Å². The molecule has 0 radical (unpaired) electrons. The van der Waals surface area contributed by atoms with Gasteiger partial charge in [0.25, 0.3) is 0 Å². The Kier molecular flexibility index (Phi) is 31.8. The molecule has 0 spiro atoms. The molecule has 0 amide bonds. The van der Waals surface area contributed by atoms with Crippen LogP contribution in [0, 0.1) is 0 Å². The summed E-state index contributed by atoms with van der Waals surface area (Å²) >= 11 is 0. The van der Waals surface area contributed by atoms with Crippen molar-refractivity contribution >= 4 is 11.9 Å². The highest BCUT2D eigenvalue weighted by atomic mass is 16.6. The number of esters is 2. The maximum atomic E-state index is 12.1. The van der Waals surface area contributed by atoms with Gasteiger partial charge < -0.3 is 9.47 Å². The van der Waals surface area contributed by atoms with Gasteiger partial charge in [-0.25, -0.2) is 0 Å². The van der Waals surface area contributed by atoms with Crippen LogP contribution in [0.25, 0.3) is 0 Å². The smallest absolute Gasteiger partial charge is 0.306 e. The van der Waals surface area contributed by atoms with Gasteiger partial charge in [-0.15, -0.1) is 0 Å². The van der Waals surface area contributed by atoms with E-state index in [4.69, 9.17) is 9.47 Å². The fourth-order valence-corrected chi connectivity index (χ4v) is 4.24. The summed E-state index contributed by atoms with van der Waals surface area (Å²) in [7, 11) is 0. The molecule has 0 aromatic rings. The predicted octanol–water partition coefficient (Wildman–Crippen LogP) is 11.6. The molecule has 0 N–H and O–H groups in total. The SMILES string of the molecule is CCCCC/C=C\C/C=C\C/C=C\CCCCC(=O)OCC(C)OC(=O)CCCC/C=C\C/C=C\C/C=C\CCCCC. The largest absolute Gasteiger partial charge is 0.462 e. The lowest BCUT2D eigenvalue weighted by atomic mass is 10.1. The Hall–Kier alpha value is -2.62. The van der Waals surface area contributed by atoms with Crippen molar-refractivity contribution in [2.75, 3.05) is 6.61 Å². The van der Waals surface area contributed by atoms with Crippen molar-refractivity contribution in [1.29, 1.82) is 0 Å². The number of rotatable bonds is 29. The Morgan fingerprint density at radius 1 is 0.488 bits per heavy atom. The molecule has 4 nitrogen and oxygen atoms in total. The van der Waals surface area contributed by atoms with Crippen molar-refractivity contribution in [2.24, 2.45) is 0 Å². The zero-order chi connectivity index (χ0) is 31.5. The van der Waals surface area contributed by atoms with Crippen LogP contribution < -0.4 is 0 Å². The summed E-state index contributed by atoms with van der Waals surface area (Å²) < 4.78 is 10.7. The van der Waals surface area contributed by atoms with Gasteiger partial charge in [-0.05, 0) is 96.8 Å². The highest BCUT2D eigenvalue weighted by Gasteiger charge is 2.12. The van der Waals surface area contributed by atoms with Gasteiger partial charge in [0, 0.05) is 12.8 Å². The van der Waals surface area contributed by atoms with Crippen LogP contribution in [0.5, 0.6) is 0 Å². The van der Waals surface area contributed by atoms with E-state index >= 15 is 0 Å². The second-order valence-corrected chi connectivity index (χ2v) is 11.2. The Morgan fingerprint density at radius 2 is 0.837 bits per heavy atom. The summed E-state index contributed by atoms with van der Waals surface area (Å²) in [6, 6.07) is 0. The molecule has 43 heavy (non-hydrogen) atoms. The minimum Gasteiger partial charge on any atom is -0.462 e. The van der Waals surface area contributed by atoms with Crippen molar-refractivity contribution in [3.05, 3.63) is 72.9 Å². The third-order valence-corrected chi connectivity index (χ3v) is 6.85. The van der Waals surface area contributed by atoms with Crippen molar-refractivity contribution in [3.63, 3.8) is 0 Å². The molecular weight excluding hydrogens is 532 g/mol. The van der Waals surface area contributed by atoms with Gasteiger partial charge in [0.2, 0.25) is 0 Å². The lowest BCUT2D eigenvalue weighted by Gasteiger charge is -2.13. The summed E-state index contributed by atoms with van der Waals surface area (Å²) in [5.41, 5.74) is 0. The molecule has 0 rings (SSSR count). The molecular formula is C39H64O4.